The van der Waals surface area contributed by atoms with E-state index in [0.29, 0.717) is 44.3 Å². The van der Waals surface area contributed by atoms with Crippen LogP contribution in [0.1, 0.15) is 65.7 Å². The number of hydrogen-bond acceptors (Lipinski definition) is 3. The molecule has 2 aromatic rings. The molecule has 1 aliphatic carbocycles. The van der Waals surface area contributed by atoms with Gasteiger partial charge < -0.3 is 4.90 Å². The number of nitrogens with zero attached hydrogens (tertiary/aromatic N) is 2. The van der Waals surface area contributed by atoms with Gasteiger partial charge in [0.2, 0.25) is 0 Å². The second-order valence-electron chi connectivity index (χ2n) is 9.09. The lowest BCUT2D eigenvalue weighted by Gasteiger charge is -2.35. The number of pyridine rings is 1. The molecule has 1 aromatic heterocycles. The largest absolute Gasteiger partial charge is 0.433 e. The second kappa shape index (κ2) is 9.55. The Kier molecular flexibility index (Phi) is 7.00. The zero-order valence-electron chi connectivity index (χ0n) is 18.8. The number of piperidine rings is 1. The number of carbonyl (C=O) groups is 1. The fourth-order valence-electron chi connectivity index (χ4n) is 4.40. The van der Waals surface area contributed by atoms with Gasteiger partial charge >= 0.3 is 12.4 Å². The molecule has 0 radical (unpaired) electrons. The van der Waals surface area contributed by atoms with E-state index in [2.05, 4.69) is 4.98 Å². The first-order chi connectivity index (χ1) is 16.4. The molecule has 1 saturated heterocycles. The molecule has 0 N–H and O–H groups in total. The Hall–Kier alpha value is -2.43. The number of carbonyl (C=O) groups excluding carboxylic acids is 1. The van der Waals surface area contributed by atoms with Gasteiger partial charge in [-0.3, -0.25) is 9.00 Å². The maximum absolute atomic E-state index is 13.2. The highest BCUT2D eigenvalue weighted by Gasteiger charge is 2.39. The molecule has 1 aliphatic heterocycles. The predicted octanol–water partition coefficient (Wildman–Crippen LogP) is 6.05. The Morgan fingerprint density at radius 3 is 2.23 bits per heavy atom. The normalized spacial score (nSPS) is 19.5. The minimum atomic E-state index is -4.72. The van der Waals surface area contributed by atoms with Gasteiger partial charge in [-0.05, 0) is 61.3 Å². The van der Waals surface area contributed by atoms with Crippen LogP contribution in [-0.2, 0) is 23.2 Å². The molecule has 2 fully saturated rings. The Labute approximate surface area is 201 Å². The van der Waals surface area contributed by atoms with Crippen molar-refractivity contribution in [3.05, 3.63) is 58.8 Å². The number of amides is 1. The van der Waals surface area contributed by atoms with Crippen molar-refractivity contribution >= 4 is 16.7 Å². The molecule has 0 spiro atoms. The molecule has 1 saturated carbocycles. The van der Waals surface area contributed by atoms with Crippen molar-refractivity contribution in [2.75, 3.05) is 13.1 Å². The van der Waals surface area contributed by atoms with E-state index in [1.807, 2.05) is 6.92 Å². The minimum absolute atomic E-state index is 0.0355. The van der Waals surface area contributed by atoms with Crippen LogP contribution >= 0.6 is 0 Å². The zero-order valence-corrected chi connectivity index (χ0v) is 19.6. The van der Waals surface area contributed by atoms with Gasteiger partial charge in [0.25, 0.3) is 5.91 Å². The maximum Gasteiger partial charge on any atom is 0.433 e. The lowest BCUT2D eigenvalue weighted by atomic mass is 9.81. The number of aromatic nitrogens is 1. The van der Waals surface area contributed by atoms with Crippen LogP contribution in [0.3, 0.4) is 0 Å². The van der Waals surface area contributed by atoms with E-state index in [1.54, 1.807) is 6.07 Å². The van der Waals surface area contributed by atoms with Crippen molar-refractivity contribution in [3.8, 4) is 0 Å². The van der Waals surface area contributed by atoms with E-state index >= 15 is 0 Å². The van der Waals surface area contributed by atoms with Crippen LogP contribution in [0, 0.1) is 5.92 Å². The summed E-state index contributed by atoms with van der Waals surface area (Å²) in [6, 6.07) is 6.99. The van der Waals surface area contributed by atoms with Gasteiger partial charge in [-0.25, -0.2) is 4.98 Å². The van der Waals surface area contributed by atoms with Gasteiger partial charge in [0.15, 0.2) is 0 Å². The molecule has 4 rings (SSSR count). The lowest BCUT2D eigenvalue weighted by molar-refractivity contribution is -0.141. The fraction of sp³-hybridized carbons (Fsp3) is 0.500. The summed E-state index contributed by atoms with van der Waals surface area (Å²) in [5.41, 5.74) is -1.42. The molecule has 0 bridgehead atoms. The number of alkyl halides is 6. The Morgan fingerprint density at radius 1 is 1.00 bits per heavy atom. The van der Waals surface area contributed by atoms with Crippen LogP contribution in [0.15, 0.2) is 41.4 Å². The van der Waals surface area contributed by atoms with Crippen LogP contribution in [0.5, 0.6) is 0 Å². The van der Waals surface area contributed by atoms with Gasteiger partial charge in [0.1, 0.15) is 10.7 Å². The van der Waals surface area contributed by atoms with E-state index in [0.717, 1.165) is 24.3 Å². The number of rotatable bonds is 5. The summed E-state index contributed by atoms with van der Waals surface area (Å²) in [4.78, 5) is 18.2. The SMILES string of the molecule is C[C@@H](c1cccc(C(F)(F)F)c1)C1CCN(C(=O)c2ccc(C(F)(F)F)nc2S(=O)C2CC2)CC1. The molecular weight excluding hydrogens is 494 g/mol. The number of likely N-dealkylation sites (tertiary alicyclic amines) is 1. The summed E-state index contributed by atoms with van der Waals surface area (Å²) in [7, 11) is -1.81. The minimum Gasteiger partial charge on any atom is -0.339 e. The summed E-state index contributed by atoms with van der Waals surface area (Å²) in [5, 5.41) is -0.622. The molecule has 1 unspecified atom stereocenters. The van der Waals surface area contributed by atoms with E-state index in [9.17, 15) is 35.3 Å². The monoisotopic (exact) mass is 518 g/mol. The van der Waals surface area contributed by atoms with E-state index in [4.69, 9.17) is 0 Å². The second-order valence-corrected chi connectivity index (χ2v) is 10.7. The van der Waals surface area contributed by atoms with Crippen molar-refractivity contribution < 1.29 is 35.3 Å². The van der Waals surface area contributed by atoms with Gasteiger partial charge in [-0.1, -0.05) is 25.1 Å². The number of halogens is 6. The fourth-order valence-corrected chi connectivity index (χ4v) is 5.84. The predicted molar refractivity (Wildman–Crippen MR) is 117 cm³/mol. The van der Waals surface area contributed by atoms with Gasteiger partial charge in [-0.15, -0.1) is 0 Å². The highest BCUT2D eigenvalue weighted by molar-refractivity contribution is 7.86. The number of benzene rings is 1. The standard InChI is InChI=1S/C24H24F6N2O2S/c1-14(16-3-2-4-17(13-16)23(25,26)27)15-9-11-32(12-10-15)22(33)19-7-8-20(24(28,29)30)31-21(19)35(34)18-5-6-18/h2-4,7-8,13-15,18H,5-6,9-12H2,1H3/t14-,35?/m1/s1. The van der Waals surface area contributed by atoms with Crippen LogP contribution in [0.2, 0.25) is 0 Å². The highest BCUT2D eigenvalue weighted by atomic mass is 32.2. The van der Waals surface area contributed by atoms with Crippen molar-refractivity contribution in [1.82, 2.24) is 9.88 Å². The first-order valence-corrected chi connectivity index (χ1v) is 12.5. The third-order valence-electron chi connectivity index (χ3n) is 6.67. The average molecular weight is 519 g/mol. The maximum atomic E-state index is 13.2. The van der Waals surface area contributed by atoms with E-state index < -0.39 is 40.3 Å². The van der Waals surface area contributed by atoms with E-state index in [-0.39, 0.29) is 27.7 Å². The van der Waals surface area contributed by atoms with Crippen LogP contribution in [0.4, 0.5) is 26.3 Å². The molecular formula is C24H24F6N2O2S. The van der Waals surface area contributed by atoms with Gasteiger partial charge in [-0.2, -0.15) is 26.3 Å². The Balaban J connectivity index is 1.48. The van der Waals surface area contributed by atoms with Crippen LogP contribution in [0.25, 0.3) is 0 Å². The molecule has 1 amide bonds. The molecule has 190 valence electrons. The Bertz CT molecular complexity index is 1120. The molecule has 11 heteroatoms. The molecule has 2 heterocycles. The first-order valence-electron chi connectivity index (χ1n) is 11.3. The summed E-state index contributed by atoms with van der Waals surface area (Å²) < 4.78 is 91.4. The first kappa shape index (κ1) is 25.7. The average Bonchev–Trinajstić information content (AvgIpc) is 3.67. The van der Waals surface area contributed by atoms with Gasteiger partial charge in [0.05, 0.1) is 21.9 Å². The van der Waals surface area contributed by atoms with Crippen LogP contribution in [-0.4, -0.2) is 38.3 Å². The molecule has 2 aliphatic rings. The number of hydrogen-bond donors (Lipinski definition) is 0. The summed E-state index contributed by atoms with van der Waals surface area (Å²) in [6.07, 6.45) is -6.88. The molecule has 35 heavy (non-hydrogen) atoms. The topological polar surface area (TPSA) is 50.3 Å². The summed E-state index contributed by atoms with van der Waals surface area (Å²) in [6.45, 7) is 2.45. The van der Waals surface area contributed by atoms with Crippen molar-refractivity contribution in [2.24, 2.45) is 5.92 Å². The van der Waals surface area contributed by atoms with Gasteiger partial charge in [0, 0.05) is 18.3 Å². The molecule has 1 aromatic carbocycles. The van der Waals surface area contributed by atoms with Crippen LogP contribution < -0.4 is 0 Å². The molecule has 2 atom stereocenters. The van der Waals surface area contributed by atoms with Crippen molar-refractivity contribution in [3.63, 3.8) is 0 Å². The summed E-state index contributed by atoms with van der Waals surface area (Å²) >= 11 is 0. The molecule has 4 nitrogen and oxygen atoms in total. The quantitative estimate of drug-likeness (QED) is 0.453. The zero-order chi connectivity index (χ0) is 25.5. The Morgan fingerprint density at radius 2 is 1.66 bits per heavy atom. The van der Waals surface area contributed by atoms with E-state index in [1.165, 1.54) is 11.0 Å². The highest BCUT2D eigenvalue weighted by Crippen LogP contribution is 2.37. The smallest absolute Gasteiger partial charge is 0.339 e. The van der Waals surface area contributed by atoms with Crippen molar-refractivity contribution in [2.45, 2.75) is 61.2 Å². The third-order valence-corrected chi connectivity index (χ3v) is 8.44. The van der Waals surface area contributed by atoms with Crippen molar-refractivity contribution in [1.29, 1.82) is 0 Å². The summed E-state index contributed by atoms with van der Waals surface area (Å²) in [5.74, 6) is -0.658. The third kappa shape index (κ3) is 5.70. The lowest BCUT2D eigenvalue weighted by Crippen LogP contribution is -2.40.